The molecule has 0 aromatic rings. The van der Waals surface area contributed by atoms with Crippen LogP contribution in [0.3, 0.4) is 0 Å². The maximum Gasteiger partial charge on any atom is 0.320 e. The number of nitrogens with one attached hydrogen (secondary N) is 1. The van der Waals surface area contributed by atoms with Gasteiger partial charge < -0.3 is 10.4 Å². The number of aliphatic carboxylic acids is 1. The fourth-order valence-corrected chi connectivity index (χ4v) is 2.95. The zero-order valence-electron chi connectivity index (χ0n) is 12.1. The van der Waals surface area contributed by atoms with E-state index in [1.165, 1.54) is 25.7 Å². The molecule has 3 heteroatoms. The zero-order chi connectivity index (χ0) is 13.5. The van der Waals surface area contributed by atoms with Gasteiger partial charge in [0.15, 0.2) is 0 Å². The van der Waals surface area contributed by atoms with E-state index >= 15 is 0 Å². The predicted molar refractivity (Wildman–Crippen MR) is 74.7 cm³/mol. The van der Waals surface area contributed by atoms with Crippen LogP contribution < -0.4 is 5.32 Å². The summed E-state index contributed by atoms with van der Waals surface area (Å²) in [7, 11) is 0. The van der Waals surface area contributed by atoms with E-state index in [0.717, 1.165) is 25.2 Å². The highest BCUT2D eigenvalue weighted by molar-refractivity contribution is 5.73. The summed E-state index contributed by atoms with van der Waals surface area (Å²) in [5.74, 6) is 0.581. The minimum atomic E-state index is -0.694. The lowest BCUT2D eigenvalue weighted by Gasteiger charge is -2.23. The van der Waals surface area contributed by atoms with Crippen molar-refractivity contribution in [1.82, 2.24) is 5.32 Å². The van der Waals surface area contributed by atoms with Crippen molar-refractivity contribution in [1.29, 1.82) is 0 Å². The van der Waals surface area contributed by atoms with Crippen molar-refractivity contribution < 1.29 is 9.90 Å². The summed E-state index contributed by atoms with van der Waals surface area (Å²) in [6.45, 7) is 6.42. The van der Waals surface area contributed by atoms with Gasteiger partial charge in [-0.15, -0.1) is 0 Å². The average Bonchev–Trinajstić information content (AvgIpc) is 2.52. The van der Waals surface area contributed by atoms with Crippen LogP contribution in [0.1, 0.15) is 65.7 Å². The van der Waals surface area contributed by atoms with Crippen molar-refractivity contribution in [3.8, 4) is 0 Å². The molecule has 0 bridgehead atoms. The van der Waals surface area contributed by atoms with Crippen LogP contribution in [-0.2, 0) is 4.79 Å². The molecule has 0 saturated heterocycles. The van der Waals surface area contributed by atoms with E-state index in [1.807, 2.05) is 0 Å². The van der Waals surface area contributed by atoms with Crippen LogP contribution in [0.15, 0.2) is 0 Å². The van der Waals surface area contributed by atoms with Gasteiger partial charge in [0, 0.05) is 6.04 Å². The third kappa shape index (κ3) is 5.38. The first-order chi connectivity index (χ1) is 8.52. The van der Waals surface area contributed by atoms with Gasteiger partial charge in [-0.05, 0) is 37.5 Å². The lowest BCUT2D eigenvalue weighted by atomic mass is 9.97. The van der Waals surface area contributed by atoms with Crippen LogP contribution in [0.5, 0.6) is 0 Å². The Morgan fingerprint density at radius 3 is 2.56 bits per heavy atom. The molecule has 0 aromatic carbocycles. The van der Waals surface area contributed by atoms with Gasteiger partial charge in [-0.3, -0.25) is 4.79 Å². The molecular formula is C15H29NO2. The van der Waals surface area contributed by atoms with Gasteiger partial charge in [0.1, 0.15) is 6.04 Å². The van der Waals surface area contributed by atoms with Crippen molar-refractivity contribution in [3.05, 3.63) is 0 Å². The van der Waals surface area contributed by atoms with E-state index in [-0.39, 0.29) is 6.04 Å². The van der Waals surface area contributed by atoms with E-state index in [0.29, 0.717) is 12.0 Å². The fourth-order valence-electron chi connectivity index (χ4n) is 2.95. The molecular weight excluding hydrogens is 226 g/mol. The van der Waals surface area contributed by atoms with Gasteiger partial charge in [-0.25, -0.2) is 0 Å². The van der Waals surface area contributed by atoms with Crippen molar-refractivity contribution in [2.24, 2.45) is 11.8 Å². The van der Waals surface area contributed by atoms with E-state index < -0.39 is 5.97 Å². The summed E-state index contributed by atoms with van der Waals surface area (Å²) in [6.07, 6.45) is 8.08. The third-order valence-corrected chi connectivity index (χ3v) is 4.11. The van der Waals surface area contributed by atoms with Crippen LogP contribution in [-0.4, -0.2) is 23.2 Å². The molecule has 1 aliphatic rings. The average molecular weight is 255 g/mol. The topological polar surface area (TPSA) is 49.3 Å². The van der Waals surface area contributed by atoms with Gasteiger partial charge in [-0.1, -0.05) is 40.0 Å². The van der Waals surface area contributed by atoms with Crippen molar-refractivity contribution in [2.45, 2.75) is 77.8 Å². The second-order valence-corrected chi connectivity index (χ2v) is 6.17. The molecule has 2 N–H and O–H groups in total. The Labute approximate surface area is 111 Å². The minimum absolute atomic E-state index is 0.367. The van der Waals surface area contributed by atoms with Gasteiger partial charge in [0.25, 0.3) is 0 Å². The first kappa shape index (κ1) is 15.5. The maximum atomic E-state index is 11.3. The largest absolute Gasteiger partial charge is 0.480 e. The molecule has 18 heavy (non-hydrogen) atoms. The quantitative estimate of drug-likeness (QED) is 0.715. The summed E-state index contributed by atoms with van der Waals surface area (Å²) < 4.78 is 0. The summed E-state index contributed by atoms with van der Waals surface area (Å²) >= 11 is 0. The number of carboxylic acids is 1. The SMILES string of the molecule is CCC1CCCC(NC(CC(C)C)C(=O)O)CC1. The predicted octanol–water partition coefficient (Wildman–Crippen LogP) is 3.43. The lowest BCUT2D eigenvalue weighted by Crippen LogP contribution is -2.44. The molecule has 0 spiro atoms. The van der Waals surface area contributed by atoms with Crippen LogP contribution in [0, 0.1) is 11.8 Å². The molecule has 0 radical (unpaired) electrons. The highest BCUT2D eigenvalue weighted by Gasteiger charge is 2.24. The van der Waals surface area contributed by atoms with E-state index in [9.17, 15) is 9.90 Å². The zero-order valence-corrected chi connectivity index (χ0v) is 12.1. The Balaban J connectivity index is 2.45. The Morgan fingerprint density at radius 2 is 2.00 bits per heavy atom. The highest BCUT2D eigenvalue weighted by Crippen LogP contribution is 2.26. The second-order valence-electron chi connectivity index (χ2n) is 6.17. The molecule has 0 aliphatic heterocycles. The van der Waals surface area contributed by atoms with Gasteiger partial charge >= 0.3 is 5.97 Å². The molecule has 1 fully saturated rings. The number of carboxylic acid groups (broad SMARTS) is 1. The van der Waals surface area contributed by atoms with Crippen molar-refractivity contribution in [2.75, 3.05) is 0 Å². The first-order valence-electron chi connectivity index (χ1n) is 7.51. The summed E-state index contributed by atoms with van der Waals surface area (Å²) in [4.78, 5) is 11.3. The molecule has 3 nitrogen and oxygen atoms in total. The minimum Gasteiger partial charge on any atom is -0.480 e. The summed E-state index contributed by atoms with van der Waals surface area (Å²) in [5.41, 5.74) is 0. The molecule has 1 rings (SSSR count). The molecule has 1 aliphatic carbocycles. The lowest BCUT2D eigenvalue weighted by molar-refractivity contribution is -0.140. The smallest absolute Gasteiger partial charge is 0.320 e. The fraction of sp³-hybridized carbons (Fsp3) is 0.933. The van der Waals surface area contributed by atoms with Crippen molar-refractivity contribution in [3.63, 3.8) is 0 Å². The van der Waals surface area contributed by atoms with Gasteiger partial charge in [-0.2, -0.15) is 0 Å². The Morgan fingerprint density at radius 1 is 1.28 bits per heavy atom. The molecule has 3 atom stereocenters. The normalized spacial score (nSPS) is 26.9. The summed E-state index contributed by atoms with van der Waals surface area (Å²) in [5, 5.41) is 12.6. The Kier molecular flexibility index (Phi) is 6.69. The number of hydrogen-bond acceptors (Lipinski definition) is 2. The molecule has 106 valence electrons. The third-order valence-electron chi connectivity index (χ3n) is 4.11. The molecule has 0 aromatic heterocycles. The van der Waals surface area contributed by atoms with Crippen LogP contribution in [0.25, 0.3) is 0 Å². The highest BCUT2D eigenvalue weighted by atomic mass is 16.4. The van der Waals surface area contributed by atoms with E-state index in [1.54, 1.807) is 0 Å². The molecule has 1 saturated carbocycles. The number of rotatable bonds is 6. The van der Waals surface area contributed by atoms with Gasteiger partial charge in [0.2, 0.25) is 0 Å². The standard InChI is InChI=1S/C15H29NO2/c1-4-12-6-5-7-13(9-8-12)16-14(15(17)18)10-11(2)3/h11-14,16H,4-10H2,1-3H3,(H,17,18). The van der Waals surface area contributed by atoms with Crippen LogP contribution >= 0.6 is 0 Å². The summed E-state index contributed by atoms with van der Waals surface area (Å²) in [6, 6.07) is 0.0366. The number of hydrogen-bond donors (Lipinski definition) is 2. The van der Waals surface area contributed by atoms with E-state index in [2.05, 4.69) is 26.1 Å². The van der Waals surface area contributed by atoms with Crippen LogP contribution in [0.4, 0.5) is 0 Å². The number of carbonyl (C=O) groups is 1. The van der Waals surface area contributed by atoms with Gasteiger partial charge in [0.05, 0.1) is 0 Å². The van der Waals surface area contributed by atoms with E-state index in [4.69, 9.17) is 0 Å². The molecule has 0 heterocycles. The Hall–Kier alpha value is -0.570. The first-order valence-corrected chi connectivity index (χ1v) is 7.51. The second kappa shape index (κ2) is 7.78. The van der Waals surface area contributed by atoms with Crippen molar-refractivity contribution >= 4 is 5.97 Å². The molecule has 0 amide bonds. The maximum absolute atomic E-state index is 11.3. The van der Waals surface area contributed by atoms with Crippen LogP contribution in [0.2, 0.25) is 0 Å². The monoisotopic (exact) mass is 255 g/mol. The molecule has 3 unspecified atom stereocenters. The Bertz CT molecular complexity index is 253.